The monoisotopic (exact) mass is 308 g/mol. The van der Waals surface area contributed by atoms with Gasteiger partial charge in [-0.3, -0.25) is 0 Å². The molecule has 0 amide bonds. The molecule has 0 radical (unpaired) electrons. The van der Waals surface area contributed by atoms with Crippen LogP contribution < -0.4 is 0 Å². The van der Waals surface area contributed by atoms with Crippen LogP contribution in [-0.2, 0) is 0 Å². The van der Waals surface area contributed by atoms with E-state index in [9.17, 15) is 10.2 Å². The maximum atomic E-state index is 9.60. The zero-order valence-electron chi connectivity index (χ0n) is 7.04. The summed E-state index contributed by atoms with van der Waals surface area (Å²) >= 11 is 6.65. The van der Waals surface area contributed by atoms with E-state index in [2.05, 4.69) is 31.9 Å². The molecule has 0 fully saturated rings. The quantitative estimate of drug-likeness (QED) is 0.881. The predicted molar refractivity (Wildman–Crippen MR) is 58.5 cm³/mol. The Morgan fingerprint density at radius 2 is 1.85 bits per heavy atom. The van der Waals surface area contributed by atoms with Crippen molar-refractivity contribution in [3.63, 3.8) is 0 Å². The molecule has 0 unspecified atom stereocenters. The highest BCUT2D eigenvalue weighted by Gasteiger charge is 2.17. The molecule has 0 spiro atoms. The van der Waals surface area contributed by atoms with Crippen LogP contribution in [0.4, 0.5) is 0 Å². The minimum atomic E-state index is -0.855. The van der Waals surface area contributed by atoms with Crippen molar-refractivity contribution >= 4 is 31.9 Å². The first-order valence-corrected chi connectivity index (χ1v) is 5.42. The van der Waals surface area contributed by atoms with E-state index in [-0.39, 0.29) is 0 Å². The van der Waals surface area contributed by atoms with Gasteiger partial charge in [-0.15, -0.1) is 0 Å². The molecule has 0 saturated carbocycles. The van der Waals surface area contributed by atoms with E-state index in [1.54, 1.807) is 13.0 Å². The Morgan fingerprint density at radius 3 is 2.38 bits per heavy atom. The van der Waals surface area contributed by atoms with Gasteiger partial charge in [-0.05, 0) is 50.4 Å². The van der Waals surface area contributed by atoms with Gasteiger partial charge in [0.1, 0.15) is 6.10 Å². The van der Waals surface area contributed by atoms with Crippen molar-refractivity contribution in [1.29, 1.82) is 0 Å². The fraction of sp³-hybridized carbons (Fsp3) is 0.333. The fourth-order valence-electron chi connectivity index (χ4n) is 1.01. The van der Waals surface area contributed by atoms with Gasteiger partial charge >= 0.3 is 0 Å². The first-order chi connectivity index (χ1) is 6.04. The van der Waals surface area contributed by atoms with Gasteiger partial charge in [0.05, 0.1) is 6.10 Å². The predicted octanol–water partition coefficient (Wildman–Crippen LogP) is 2.63. The molecule has 0 aromatic heterocycles. The van der Waals surface area contributed by atoms with E-state index < -0.39 is 12.2 Å². The SMILES string of the molecule is C[C@H](O)[C@@H](O)c1cccc(Br)c1Br. The summed E-state index contributed by atoms with van der Waals surface area (Å²) in [4.78, 5) is 0. The Kier molecular flexibility index (Phi) is 3.91. The van der Waals surface area contributed by atoms with E-state index in [1.807, 2.05) is 12.1 Å². The third-order valence-electron chi connectivity index (χ3n) is 1.76. The maximum absolute atomic E-state index is 9.60. The number of hydrogen-bond donors (Lipinski definition) is 2. The van der Waals surface area contributed by atoms with Crippen LogP contribution in [0.1, 0.15) is 18.6 Å². The molecule has 1 rings (SSSR count). The summed E-state index contributed by atoms with van der Waals surface area (Å²) in [6.07, 6.45) is -1.63. The van der Waals surface area contributed by atoms with Crippen LogP contribution in [0.2, 0.25) is 0 Å². The molecule has 2 nitrogen and oxygen atoms in total. The Hall–Kier alpha value is 0.1000. The first kappa shape index (κ1) is 11.2. The Labute approximate surface area is 93.8 Å². The van der Waals surface area contributed by atoms with E-state index in [0.717, 1.165) is 8.95 Å². The molecular formula is C9H10Br2O2. The Bertz CT molecular complexity index is 300. The summed E-state index contributed by atoms with van der Waals surface area (Å²) < 4.78 is 1.65. The highest BCUT2D eigenvalue weighted by atomic mass is 79.9. The van der Waals surface area contributed by atoms with Crippen LogP contribution in [-0.4, -0.2) is 16.3 Å². The highest BCUT2D eigenvalue weighted by molar-refractivity contribution is 9.13. The lowest BCUT2D eigenvalue weighted by Gasteiger charge is -2.15. The van der Waals surface area contributed by atoms with Crippen LogP contribution in [0.25, 0.3) is 0 Å². The van der Waals surface area contributed by atoms with Gasteiger partial charge in [0, 0.05) is 8.95 Å². The van der Waals surface area contributed by atoms with E-state index >= 15 is 0 Å². The summed E-state index contributed by atoms with van der Waals surface area (Å²) in [5.74, 6) is 0. The van der Waals surface area contributed by atoms with Gasteiger partial charge in [0.15, 0.2) is 0 Å². The van der Waals surface area contributed by atoms with Gasteiger partial charge in [0.2, 0.25) is 0 Å². The fourth-order valence-corrected chi connectivity index (χ4v) is 1.89. The second-order valence-corrected chi connectivity index (χ2v) is 4.48. The van der Waals surface area contributed by atoms with Crippen molar-refractivity contribution in [3.05, 3.63) is 32.7 Å². The second kappa shape index (κ2) is 4.55. The maximum Gasteiger partial charge on any atom is 0.106 e. The van der Waals surface area contributed by atoms with Gasteiger partial charge in [-0.1, -0.05) is 12.1 Å². The summed E-state index contributed by atoms with van der Waals surface area (Å²) in [5, 5.41) is 18.8. The topological polar surface area (TPSA) is 40.5 Å². The summed E-state index contributed by atoms with van der Waals surface area (Å²) in [6.45, 7) is 1.55. The standard InChI is InChI=1S/C9H10Br2O2/c1-5(12)9(13)6-3-2-4-7(10)8(6)11/h2-5,9,12-13H,1H3/t5-,9+/m0/s1. The lowest BCUT2D eigenvalue weighted by atomic mass is 10.1. The molecule has 72 valence electrons. The summed E-state index contributed by atoms with van der Waals surface area (Å²) in [5.41, 5.74) is 0.685. The molecular weight excluding hydrogens is 300 g/mol. The molecule has 4 heteroatoms. The molecule has 0 aliphatic carbocycles. The molecule has 13 heavy (non-hydrogen) atoms. The van der Waals surface area contributed by atoms with Gasteiger partial charge in [0.25, 0.3) is 0 Å². The zero-order valence-corrected chi connectivity index (χ0v) is 10.2. The average molecular weight is 310 g/mol. The molecule has 0 aliphatic rings. The van der Waals surface area contributed by atoms with Crippen molar-refractivity contribution in [3.8, 4) is 0 Å². The number of aliphatic hydroxyl groups is 2. The van der Waals surface area contributed by atoms with Crippen LogP contribution in [0.5, 0.6) is 0 Å². The Morgan fingerprint density at radius 1 is 1.23 bits per heavy atom. The van der Waals surface area contributed by atoms with Crippen molar-refractivity contribution in [2.24, 2.45) is 0 Å². The summed E-state index contributed by atoms with van der Waals surface area (Å²) in [7, 11) is 0. The molecule has 1 aromatic carbocycles. The molecule has 2 atom stereocenters. The van der Waals surface area contributed by atoms with E-state index in [0.29, 0.717) is 5.56 Å². The number of benzene rings is 1. The van der Waals surface area contributed by atoms with Crippen LogP contribution in [0.15, 0.2) is 27.1 Å². The van der Waals surface area contributed by atoms with Crippen LogP contribution in [0, 0.1) is 0 Å². The molecule has 0 aliphatic heterocycles. The first-order valence-electron chi connectivity index (χ1n) is 3.84. The van der Waals surface area contributed by atoms with Crippen LogP contribution >= 0.6 is 31.9 Å². The van der Waals surface area contributed by atoms with Gasteiger partial charge < -0.3 is 10.2 Å². The minimum absolute atomic E-state index is 0.685. The van der Waals surface area contributed by atoms with Gasteiger partial charge in [-0.2, -0.15) is 0 Å². The Balaban J connectivity index is 3.07. The lowest BCUT2D eigenvalue weighted by Crippen LogP contribution is -2.14. The van der Waals surface area contributed by atoms with Crippen molar-refractivity contribution in [2.45, 2.75) is 19.1 Å². The molecule has 2 N–H and O–H groups in total. The number of aliphatic hydroxyl groups excluding tert-OH is 2. The normalized spacial score (nSPS) is 15.5. The second-order valence-electron chi connectivity index (χ2n) is 2.83. The third-order valence-corrected chi connectivity index (χ3v) is 3.83. The van der Waals surface area contributed by atoms with E-state index in [4.69, 9.17) is 0 Å². The van der Waals surface area contributed by atoms with Crippen molar-refractivity contribution in [2.75, 3.05) is 0 Å². The van der Waals surface area contributed by atoms with E-state index in [1.165, 1.54) is 0 Å². The minimum Gasteiger partial charge on any atom is -0.390 e. The van der Waals surface area contributed by atoms with Crippen LogP contribution in [0.3, 0.4) is 0 Å². The third kappa shape index (κ3) is 2.53. The molecule has 1 aromatic rings. The molecule has 0 heterocycles. The number of rotatable bonds is 2. The average Bonchev–Trinajstić information content (AvgIpc) is 2.08. The molecule has 0 bridgehead atoms. The smallest absolute Gasteiger partial charge is 0.106 e. The van der Waals surface area contributed by atoms with Gasteiger partial charge in [-0.25, -0.2) is 0 Å². The summed E-state index contributed by atoms with van der Waals surface area (Å²) in [6, 6.07) is 5.45. The highest BCUT2D eigenvalue weighted by Crippen LogP contribution is 2.31. The van der Waals surface area contributed by atoms with Crippen molar-refractivity contribution < 1.29 is 10.2 Å². The largest absolute Gasteiger partial charge is 0.390 e. The van der Waals surface area contributed by atoms with Crippen molar-refractivity contribution in [1.82, 2.24) is 0 Å². The molecule has 0 saturated heterocycles. The number of hydrogen-bond acceptors (Lipinski definition) is 2. The lowest BCUT2D eigenvalue weighted by molar-refractivity contribution is 0.0300. The number of halogens is 2. The zero-order chi connectivity index (χ0) is 10.0.